The molecule has 16 nitrogen and oxygen atoms in total. The smallest absolute Gasteiger partial charge is 0.289 e. The van der Waals surface area contributed by atoms with Crippen LogP contribution >= 0.6 is 11.6 Å². The number of carbonyl (C=O) groups excluding carboxylic acids is 1. The highest BCUT2D eigenvalue weighted by molar-refractivity contribution is 7.91. The van der Waals surface area contributed by atoms with Gasteiger partial charge in [-0.25, -0.2) is 26.5 Å². The third-order valence-corrected chi connectivity index (χ3v) is 14.6. The van der Waals surface area contributed by atoms with Crippen LogP contribution in [0.4, 0.5) is 11.4 Å². The van der Waals surface area contributed by atoms with Crippen molar-refractivity contribution in [2.75, 3.05) is 70.3 Å². The Labute approximate surface area is 371 Å². The number of fused-ring (bicyclic) bond motifs is 1. The van der Waals surface area contributed by atoms with E-state index in [9.17, 15) is 31.7 Å². The van der Waals surface area contributed by atoms with E-state index in [1.807, 2.05) is 22.9 Å². The minimum absolute atomic E-state index is 0.0218. The number of piperazine rings is 1. The van der Waals surface area contributed by atoms with E-state index in [0.717, 1.165) is 62.1 Å². The maximum absolute atomic E-state index is 13.9. The average Bonchev–Trinajstić information content (AvgIpc) is 3.66. The van der Waals surface area contributed by atoms with E-state index < -0.39 is 51.9 Å². The van der Waals surface area contributed by atoms with E-state index in [1.54, 1.807) is 36.7 Å². The van der Waals surface area contributed by atoms with Crippen LogP contribution in [0, 0.1) is 15.5 Å². The molecule has 5 aromatic rings. The summed E-state index contributed by atoms with van der Waals surface area (Å²) >= 11 is 6.23. The van der Waals surface area contributed by atoms with Crippen molar-refractivity contribution in [3.63, 3.8) is 0 Å². The van der Waals surface area contributed by atoms with E-state index in [4.69, 9.17) is 25.9 Å². The molecule has 2 aliphatic rings. The van der Waals surface area contributed by atoms with Crippen LogP contribution in [0.3, 0.4) is 0 Å². The maximum atomic E-state index is 13.9. The lowest BCUT2D eigenvalue weighted by Crippen LogP contribution is -2.47. The van der Waals surface area contributed by atoms with Gasteiger partial charge in [-0.2, -0.15) is 4.73 Å². The number of pyridine rings is 1. The van der Waals surface area contributed by atoms with Crippen molar-refractivity contribution in [1.29, 1.82) is 0 Å². The van der Waals surface area contributed by atoms with E-state index in [2.05, 4.69) is 40.8 Å². The molecule has 0 atom stereocenters. The number of benzene rings is 3. The second-order valence-corrected chi connectivity index (χ2v) is 20.5. The number of rotatable bonds is 17. The van der Waals surface area contributed by atoms with Crippen LogP contribution in [0.25, 0.3) is 16.6 Å². The van der Waals surface area contributed by atoms with Gasteiger partial charge in [0.05, 0.1) is 41.0 Å². The SMILES string of the molecule is COCCOCCS(=O)(=O)c1ccc(S(=O)(=O)NC(=O)c2ccc(N3CCN(CC4=C(c5ccc(Cl)cc5)CC(C)(C)CC4)CC3)cc2On2ccc3cccnc32)cc1[N+](=O)[O-]. The number of nitrogens with zero attached hydrogens (tertiary/aromatic N) is 5. The molecule has 19 heteroatoms. The molecule has 334 valence electrons. The van der Waals surface area contributed by atoms with Crippen LogP contribution < -0.4 is 14.5 Å². The van der Waals surface area contributed by atoms with E-state index in [0.29, 0.717) is 29.8 Å². The van der Waals surface area contributed by atoms with Gasteiger partial charge < -0.3 is 19.2 Å². The first kappa shape index (κ1) is 45.6. The highest BCUT2D eigenvalue weighted by atomic mass is 35.5. The zero-order valence-corrected chi connectivity index (χ0v) is 37.5. The number of nitrogens with one attached hydrogen (secondary N) is 1. The van der Waals surface area contributed by atoms with Gasteiger partial charge in [-0.15, -0.1) is 0 Å². The molecule has 0 bridgehead atoms. The fourth-order valence-electron chi connectivity index (χ4n) is 7.82. The van der Waals surface area contributed by atoms with Crippen LogP contribution in [0.15, 0.2) is 107 Å². The number of sulfone groups is 1. The molecule has 0 spiro atoms. The number of sulfonamides is 1. The Morgan fingerprint density at radius 2 is 1.71 bits per heavy atom. The first-order valence-electron chi connectivity index (χ1n) is 20.4. The maximum Gasteiger partial charge on any atom is 0.289 e. The number of carbonyl (C=O) groups is 1. The molecule has 1 N–H and O–H groups in total. The van der Waals surface area contributed by atoms with Gasteiger partial charge >= 0.3 is 0 Å². The van der Waals surface area contributed by atoms with Gasteiger partial charge in [-0.3, -0.25) is 19.8 Å². The fourth-order valence-corrected chi connectivity index (χ4v) is 10.2. The van der Waals surface area contributed by atoms with Gasteiger partial charge in [-0.1, -0.05) is 43.2 Å². The molecule has 0 saturated carbocycles. The molecule has 3 aromatic carbocycles. The molecule has 0 radical (unpaired) electrons. The summed E-state index contributed by atoms with van der Waals surface area (Å²) in [6.45, 7) is 8.45. The largest absolute Gasteiger partial charge is 0.382 e. The summed E-state index contributed by atoms with van der Waals surface area (Å²) in [5.41, 5.74) is 4.31. The Hall–Kier alpha value is -5.37. The van der Waals surface area contributed by atoms with Crippen molar-refractivity contribution < 1.29 is 40.9 Å². The third kappa shape index (κ3) is 10.9. The summed E-state index contributed by atoms with van der Waals surface area (Å²) in [6, 6.07) is 20.6. The number of hydrogen-bond acceptors (Lipinski definition) is 13. The zero-order valence-electron chi connectivity index (χ0n) is 35.2. The minimum Gasteiger partial charge on any atom is -0.382 e. The molecule has 2 aromatic heterocycles. The van der Waals surface area contributed by atoms with Crippen molar-refractivity contribution in [1.82, 2.24) is 19.3 Å². The third-order valence-electron chi connectivity index (χ3n) is 11.3. The number of allylic oxidation sites excluding steroid dienone is 1. The molecular formula is C44H49ClN6O10S2. The predicted molar refractivity (Wildman–Crippen MR) is 239 cm³/mol. The summed E-state index contributed by atoms with van der Waals surface area (Å²) in [5.74, 6) is -1.66. The number of halogens is 1. The first-order valence-corrected chi connectivity index (χ1v) is 23.9. The number of amides is 1. The van der Waals surface area contributed by atoms with Gasteiger partial charge in [0.1, 0.15) is 4.90 Å². The Morgan fingerprint density at radius 3 is 2.44 bits per heavy atom. The predicted octanol–water partition coefficient (Wildman–Crippen LogP) is 6.78. The van der Waals surface area contributed by atoms with Crippen molar-refractivity contribution in [2.24, 2.45) is 5.41 Å². The lowest BCUT2D eigenvalue weighted by molar-refractivity contribution is -0.388. The molecular weight excluding hydrogens is 872 g/mol. The lowest BCUT2D eigenvalue weighted by Gasteiger charge is -2.39. The van der Waals surface area contributed by atoms with Crippen molar-refractivity contribution in [3.05, 3.63) is 123 Å². The molecule has 1 saturated heterocycles. The van der Waals surface area contributed by atoms with E-state index >= 15 is 0 Å². The average molecular weight is 921 g/mol. The van der Waals surface area contributed by atoms with Crippen LogP contribution in [-0.2, 0) is 29.3 Å². The number of aromatic nitrogens is 2. The number of nitro groups is 1. The molecule has 1 aliphatic carbocycles. The van der Waals surface area contributed by atoms with Gasteiger partial charge in [0, 0.05) is 80.5 Å². The number of hydrogen-bond donors (Lipinski definition) is 1. The summed E-state index contributed by atoms with van der Waals surface area (Å²) < 4.78 is 66.8. The van der Waals surface area contributed by atoms with Crippen LogP contribution in [0.2, 0.25) is 5.02 Å². The van der Waals surface area contributed by atoms with Crippen molar-refractivity contribution in [3.8, 4) is 5.75 Å². The summed E-state index contributed by atoms with van der Waals surface area (Å²) in [5, 5.41) is 13.5. The molecule has 7 rings (SSSR count). The number of nitro benzene ring substituents is 1. The van der Waals surface area contributed by atoms with Crippen LogP contribution in [-0.4, -0.2) is 108 Å². The molecule has 1 aliphatic heterocycles. The lowest BCUT2D eigenvalue weighted by atomic mass is 9.72. The fraction of sp³-hybridized carbons (Fsp3) is 0.364. The highest BCUT2D eigenvalue weighted by Gasteiger charge is 2.32. The van der Waals surface area contributed by atoms with Crippen molar-refractivity contribution in [2.45, 2.75) is 42.9 Å². The monoisotopic (exact) mass is 920 g/mol. The molecule has 1 fully saturated rings. The van der Waals surface area contributed by atoms with Gasteiger partial charge in [0.15, 0.2) is 21.2 Å². The Balaban J connectivity index is 1.11. The minimum atomic E-state index is -4.78. The van der Waals surface area contributed by atoms with E-state index in [1.165, 1.54) is 34.6 Å². The van der Waals surface area contributed by atoms with Crippen molar-refractivity contribution >= 4 is 65.3 Å². The second kappa shape index (κ2) is 19.2. The van der Waals surface area contributed by atoms with Gasteiger partial charge in [0.2, 0.25) is 0 Å². The van der Waals surface area contributed by atoms with Crippen LogP contribution in [0.5, 0.6) is 5.75 Å². The Bertz CT molecular complexity index is 2750. The Kier molecular flexibility index (Phi) is 13.9. The molecule has 1 amide bonds. The topological polar surface area (TPSA) is 193 Å². The van der Waals surface area contributed by atoms with Gasteiger partial charge in [0.25, 0.3) is 21.6 Å². The second-order valence-electron chi connectivity index (χ2n) is 16.3. The van der Waals surface area contributed by atoms with Gasteiger partial charge in [-0.05, 0) is 90.4 Å². The molecule has 63 heavy (non-hydrogen) atoms. The molecule has 3 heterocycles. The summed E-state index contributed by atoms with van der Waals surface area (Å²) in [4.78, 5) is 38.9. The zero-order chi connectivity index (χ0) is 44.9. The van der Waals surface area contributed by atoms with Crippen LogP contribution in [0.1, 0.15) is 49.0 Å². The number of ether oxygens (including phenoxy) is 2. The molecule has 0 unspecified atom stereocenters. The Morgan fingerprint density at radius 1 is 0.952 bits per heavy atom. The summed E-state index contributed by atoms with van der Waals surface area (Å²) in [7, 11) is -7.60. The standard InChI is InChI=1S/C44H49ClN6O10S2/c1-44(2)16-14-33(38(29-44)31-6-8-34(45)9-7-31)30-48-19-21-49(22-20-48)35-10-12-37(40(27-35)61-50-18-15-32-5-4-17-46-42(32)50)43(52)47-63(57,58)36-11-13-41(39(28-36)51(53)54)62(55,56)26-25-60-24-23-59-3/h4-13,15,17-18,27-28H,14,16,19-26,29-30H2,1-3H3,(H,47,52). The normalized spacial score (nSPS) is 16.0. The first-order chi connectivity index (χ1) is 30.0. The highest BCUT2D eigenvalue weighted by Crippen LogP contribution is 2.43. The number of methoxy groups -OCH3 is 1. The number of anilines is 1. The van der Waals surface area contributed by atoms with E-state index in [-0.39, 0.29) is 36.5 Å². The quantitative estimate of drug-likeness (QED) is 0.0584. The summed E-state index contributed by atoms with van der Waals surface area (Å²) in [6.07, 6.45) is 6.33.